The summed E-state index contributed by atoms with van der Waals surface area (Å²) in [5, 5.41) is 2.99. The predicted molar refractivity (Wildman–Crippen MR) is 79.3 cm³/mol. The number of piperidine rings is 1. The Bertz CT molecular complexity index is 391. The number of carbonyl (C=O) groups excluding carboxylic acids is 1. The van der Waals surface area contributed by atoms with Crippen molar-refractivity contribution in [3.8, 4) is 0 Å². The van der Waals surface area contributed by atoms with Gasteiger partial charge in [0.15, 0.2) is 0 Å². The molecular formula is C16H24N2O. The Balaban J connectivity index is 1.91. The van der Waals surface area contributed by atoms with Crippen LogP contribution in [0.3, 0.4) is 0 Å². The number of nitrogens with one attached hydrogen (secondary N) is 1. The van der Waals surface area contributed by atoms with E-state index < -0.39 is 0 Å². The molecule has 0 aromatic heterocycles. The van der Waals surface area contributed by atoms with E-state index in [-0.39, 0.29) is 5.91 Å². The molecule has 1 fully saturated rings. The Kier molecular flexibility index (Phi) is 5.25. The molecule has 0 spiro atoms. The van der Waals surface area contributed by atoms with Gasteiger partial charge in [-0.25, -0.2) is 0 Å². The summed E-state index contributed by atoms with van der Waals surface area (Å²) < 4.78 is 0. The Hall–Kier alpha value is -1.51. The lowest BCUT2D eigenvalue weighted by Crippen LogP contribution is -2.41. The molecule has 1 heterocycles. The topological polar surface area (TPSA) is 32.3 Å². The Morgan fingerprint density at radius 3 is 2.84 bits per heavy atom. The second kappa shape index (κ2) is 7.17. The maximum atomic E-state index is 11.3. The molecule has 1 amide bonds. The van der Waals surface area contributed by atoms with E-state index >= 15 is 0 Å². The number of para-hydroxylation sites is 1. The summed E-state index contributed by atoms with van der Waals surface area (Å²) in [5.41, 5.74) is 1.31. The van der Waals surface area contributed by atoms with Crippen LogP contribution in [-0.4, -0.2) is 25.0 Å². The number of hydrogen-bond donors (Lipinski definition) is 1. The normalized spacial score (nSPS) is 19.2. The van der Waals surface area contributed by atoms with Crippen molar-refractivity contribution in [1.82, 2.24) is 5.32 Å². The first-order valence-corrected chi connectivity index (χ1v) is 7.39. The molecule has 1 aliphatic heterocycles. The maximum absolute atomic E-state index is 11.3. The molecule has 1 saturated heterocycles. The smallest absolute Gasteiger partial charge is 0.219 e. The van der Waals surface area contributed by atoms with Gasteiger partial charge in [0, 0.05) is 31.2 Å². The quantitative estimate of drug-likeness (QED) is 0.882. The minimum atomic E-state index is 0.155. The van der Waals surface area contributed by atoms with Crippen LogP contribution < -0.4 is 10.2 Å². The first kappa shape index (κ1) is 13.9. The van der Waals surface area contributed by atoms with Crippen LogP contribution >= 0.6 is 0 Å². The summed E-state index contributed by atoms with van der Waals surface area (Å²) in [6.45, 7) is 3.82. The lowest BCUT2D eigenvalue weighted by Gasteiger charge is -2.37. The van der Waals surface area contributed by atoms with Crippen molar-refractivity contribution < 1.29 is 4.79 Å². The van der Waals surface area contributed by atoms with Gasteiger partial charge in [0.2, 0.25) is 5.91 Å². The fraction of sp³-hybridized carbons (Fsp3) is 0.562. The number of nitrogens with zero attached hydrogens (tertiary/aromatic N) is 1. The highest BCUT2D eigenvalue weighted by atomic mass is 16.1. The maximum Gasteiger partial charge on any atom is 0.219 e. The minimum absolute atomic E-state index is 0.155. The van der Waals surface area contributed by atoms with Crippen LogP contribution in [0.1, 0.15) is 39.0 Å². The van der Waals surface area contributed by atoms with Crippen LogP contribution in [0.4, 0.5) is 5.69 Å². The van der Waals surface area contributed by atoms with Crippen molar-refractivity contribution in [2.24, 2.45) is 0 Å². The number of benzene rings is 1. The average molecular weight is 260 g/mol. The van der Waals surface area contributed by atoms with Gasteiger partial charge in [-0.3, -0.25) is 4.79 Å². The van der Waals surface area contributed by atoms with Gasteiger partial charge in [0.1, 0.15) is 0 Å². The Morgan fingerprint density at radius 1 is 1.32 bits per heavy atom. The van der Waals surface area contributed by atoms with Crippen LogP contribution in [0.2, 0.25) is 0 Å². The van der Waals surface area contributed by atoms with Crippen LogP contribution in [0.5, 0.6) is 0 Å². The lowest BCUT2D eigenvalue weighted by atomic mass is 9.98. The number of amides is 1. The number of carbonyl (C=O) groups is 1. The first-order valence-electron chi connectivity index (χ1n) is 7.39. The van der Waals surface area contributed by atoms with Crippen molar-refractivity contribution >= 4 is 11.6 Å². The molecule has 104 valence electrons. The minimum Gasteiger partial charge on any atom is -0.368 e. The van der Waals surface area contributed by atoms with E-state index in [1.54, 1.807) is 0 Å². The fourth-order valence-electron chi connectivity index (χ4n) is 2.76. The molecule has 1 unspecified atom stereocenters. The van der Waals surface area contributed by atoms with Gasteiger partial charge < -0.3 is 10.2 Å². The molecule has 1 atom stereocenters. The van der Waals surface area contributed by atoms with Gasteiger partial charge >= 0.3 is 0 Å². The second-order valence-corrected chi connectivity index (χ2v) is 5.17. The molecule has 2 rings (SSSR count). The summed E-state index contributed by atoms with van der Waals surface area (Å²) in [6.07, 6.45) is 5.42. The van der Waals surface area contributed by atoms with Crippen molar-refractivity contribution in [2.45, 2.75) is 45.1 Å². The van der Waals surface area contributed by atoms with E-state index in [4.69, 9.17) is 0 Å². The zero-order valence-corrected chi connectivity index (χ0v) is 11.8. The van der Waals surface area contributed by atoms with Gasteiger partial charge in [-0.15, -0.1) is 0 Å². The SMILES string of the molecule is CCC(=O)NCCC1CCCCN1c1ccccc1. The number of anilines is 1. The molecule has 0 aliphatic carbocycles. The molecule has 0 saturated carbocycles. The molecule has 1 aromatic carbocycles. The molecule has 0 radical (unpaired) electrons. The summed E-state index contributed by atoms with van der Waals surface area (Å²) in [7, 11) is 0. The molecule has 0 bridgehead atoms. The Morgan fingerprint density at radius 2 is 2.11 bits per heavy atom. The molecule has 19 heavy (non-hydrogen) atoms. The number of hydrogen-bond acceptors (Lipinski definition) is 2. The molecule has 3 nitrogen and oxygen atoms in total. The average Bonchev–Trinajstić information content (AvgIpc) is 2.48. The fourth-order valence-corrected chi connectivity index (χ4v) is 2.76. The van der Waals surface area contributed by atoms with Gasteiger partial charge in [-0.2, -0.15) is 0 Å². The highest BCUT2D eigenvalue weighted by Crippen LogP contribution is 2.25. The summed E-state index contributed by atoms with van der Waals surface area (Å²) in [4.78, 5) is 13.8. The zero-order chi connectivity index (χ0) is 13.5. The van der Waals surface area contributed by atoms with Crippen LogP contribution in [-0.2, 0) is 4.79 Å². The van der Waals surface area contributed by atoms with E-state index in [2.05, 4.69) is 40.5 Å². The number of rotatable bonds is 5. The van der Waals surface area contributed by atoms with E-state index in [0.717, 1.165) is 19.5 Å². The largest absolute Gasteiger partial charge is 0.368 e. The lowest BCUT2D eigenvalue weighted by molar-refractivity contribution is -0.120. The third kappa shape index (κ3) is 3.98. The summed E-state index contributed by atoms with van der Waals surface area (Å²) >= 11 is 0. The third-order valence-corrected chi connectivity index (χ3v) is 3.84. The van der Waals surface area contributed by atoms with Crippen molar-refractivity contribution in [2.75, 3.05) is 18.0 Å². The van der Waals surface area contributed by atoms with E-state index in [1.807, 2.05) is 6.92 Å². The molecular weight excluding hydrogens is 236 g/mol. The van der Waals surface area contributed by atoms with Crippen molar-refractivity contribution in [3.05, 3.63) is 30.3 Å². The molecule has 1 N–H and O–H groups in total. The van der Waals surface area contributed by atoms with Gasteiger partial charge in [0.25, 0.3) is 0 Å². The second-order valence-electron chi connectivity index (χ2n) is 5.17. The predicted octanol–water partition coefficient (Wildman–Crippen LogP) is 2.96. The highest BCUT2D eigenvalue weighted by molar-refractivity contribution is 5.75. The molecule has 1 aliphatic rings. The van der Waals surface area contributed by atoms with E-state index in [1.165, 1.54) is 24.9 Å². The van der Waals surface area contributed by atoms with Crippen molar-refractivity contribution in [3.63, 3.8) is 0 Å². The van der Waals surface area contributed by atoms with Crippen LogP contribution in [0, 0.1) is 0 Å². The monoisotopic (exact) mass is 260 g/mol. The van der Waals surface area contributed by atoms with E-state index in [9.17, 15) is 4.79 Å². The van der Waals surface area contributed by atoms with Crippen LogP contribution in [0.25, 0.3) is 0 Å². The van der Waals surface area contributed by atoms with Gasteiger partial charge in [-0.1, -0.05) is 25.1 Å². The summed E-state index contributed by atoms with van der Waals surface area (Å²) in [6, 6.07) is 11.2. The Labute approximate surface area is 116 Å². The standard InChI is InChI=1S/C16H24N2O/c1-2-16(19)17-12-11-15-10-6-7-13-18(15)14-8-4-3-5-9-14/h3-5,8-9,15H,2,6-7,10-13H2,1H3,(H,17,19). The molecule has 1 aromatic rings. The highest BCUT2D eigenvalue weighted by Gasteiger charge is 2.22. The first-order chi connectivity index (χ1) is 9.31. The van der Waals surface area contributed by atoms with Gasteiger partial charge in [-0.05, 0) is 37.8 Å². The van der Waals surface area contributed by atoms with Crippen LogP contribution in [0.15, 0.2) is 30.3 Å². The zero-order valence-electron chi connectivity index (χ0n) is 11.8. The third-order valence-electron chi connectivity index (χ3n) is 3.84. The van der Waals surface area contributed by atoms with Gasteiger partial charge in [0.05, 0.1) is 0 Å². The van der Waals surface area contributed by atoms with Crippen molar-refractivity contribution in [1.29, 1.82) is 0 Å². The molecule has 3 heteroatoms. The van der Waals surface area contributed by atoms with E-state index in [0.29, 0.717) is 12.5 Å². The summed E-state index contributed by atoms with van der Waals surface area (Å²) in [5.74, 6) is 0.155.